The number of piperidine rings is 1. The molecule has 0 radical (unpaired) electrons. The number of likely N-dealkylation sites (tertiary alicyclic amines) is 1. The van der Waals surface area contributed by atoms with E-state index in [-0.39, 0.29) is 24.3 Å². The van der Waals surface area contributed by atoms with Gasteiger partial charge < -0.3 is 9.64 Å². The molecular formula is C18H25N3O4S. The minimum atomic E-state index is -3.22. The lowest BCUT2D eigenvalue weighted by Crippen LogP contribution is -2.48. The highest BCUT2D eigenvalue weighted by Gasteiger charge is 2.25. The Hall–Kier alpha value is -2.11. The minimum Gasteiger partial charge on any atom is -0.484 e. The molecule has 8 heteroatoms. The first-order valence-electron chi connectivity index (χ1n) is 8.80. The van der Waals surface area contributed by atoms with Crippen LogP contribution in [-0.4, -0.2) is 50.7 Å². The molecule has 1 aromatic rings. The maximum absolute atomic E-state index is 12.3. The van der Waals surface area contributed by atoms with Crippen molar-refractivity contribution in [1.82, 2.24) is 9.62 Å². The predicted octanol–water partition coefficient (Wildman–Crippen LogP) is 1.45. The Labute approximate surface area is 155 Å². The van der Waals surface area contributed by atoms with Crippen molar-refractivity contribution in [2.75, 3.05) is 25.4 Å². The number of carbonyl (C=O) groups is 1. The van der Waals surface area contributed by atoms with Crippen LogP contribution < -0.4 is 9.46 Å². The first kappa shape index (κ1) is 20.2. The lowest BCUT2D eigenvalue weighted by molar-refractivity contribution is -0.134. The van der Waals surface area contributed by atoms with E-state index in [1.54, 1.807) is 29.2 Å². The number of sulfonamides is 1. The summed E-state index contributed by atoms with van der Waals surface area (Å²) >= 11 is 0. The number of amides is 1. The van der Waals surface area contributed by atoms with Crippen LogP contribution in [0.2, 0.25) is 0 Å². The molecule has 1 heterocycles. The Morgan fingerprint density at radius 2 is 1.96 bits per heavy atom. The Kier molecular flexibility index (Phi) is 7.42. The zero-order valence-corrected chi connectivity index (χ0v) is 15.8. The molecule has 7 nitrogen and oxygen atoms in total. The van der Waals surface area contributed by atoms with Crippen LogP contribution in [0.3, 0.4) is 0 Å². The molecule has 1 saturated heterocycles. The van der Waals surface area contributed by atoms with Crippen LogP contribution in [0.15, 0.2) is 24.3 Å². The Morgan fingerprint density at radius 3 is 2.54 bits per heavy atom. The van der Waals surface area contributed by atoms with E-state index in [9.17, 15) is 13.2 Å². The average molecular weight is 379 g/mol. The van der Waals surface area contributed by atoms with Gasteiger partial charge in [-0.25, -0.2) is 13.1 Å². The summed E-state index contributed by atoms with van der Waals surface area (Å²) in [5.41, 5.74) is 0.902. The number of nitrogens with zero attached hydrogens (tertiary/aromatic N) is 2. The molecule has 1 aromatic carbocycles. The van der Waals surface area contributed by atoms with Crippen LogP contribution >= 0.6 is 0 Å². The van der Waals surface area contributed by atoms with Crippen LogP contribution in [0.4, 0.5) is 0 Å². The molecule has 26 heavy (non-hydrogen) atoms. The second-order valence-corrected chi connectivity index (χ2v) is 8.23. The van der Waals surface area contributed by atoms with Crippen molar-refractivity contribution in [2.24, 2.45) is 0 Å². The number of hydrogen-bond donors (Lipinski definition) is 1. The first-order chi connectivity index (χ1) is 12.4. The molecule has 0 unspecified atom stereocenters. The zero-order chi connectivity index (χ0) is 19.0. The van der Waals surface area contributed by atoms with E-state index in [2.05, 4.69) is 10.8 Å². The van der Waals surface area contributed by atoms with Gasteiger partial charge in [0.1, 0.15) is 5.75 Å². The molecule has 0 atom stereocenters. The molecule has 1 amide bonds. The van der Waals surface area contributed by atoms with Gasteiger partial charge in [0.25, 0.3) is 5.91 Å². The van der Waals surface area contributed by atoms with Gasteiger partial charge >= 0.3 is 0 Å². The quantitative estimate of drug-likeness (QED) is 0.737. The van der Waals surface area contributed by atoms with E-state index in [0.29, 0.717) is 44.5 Å². The summed E-state index contributed by atoms with van der Waals surface area (Å²) in [7, 11) is -3.22. The lowest BCUT2D eigenvalue weighted by Gasteiger charge is -2.32. The van der Waals surface area contributed by atoms with Crippen LogP contribution in [0.5, 0.6) is 5.75 Å². The number of nitriles is 1. The highest BCUT2D eigenvalue weighted by Crippen LogP contribution is 2.15. The monoisotopic (exact) mass is 379 g/mol. The van der Waals surface area contributed by atoms with Crippen molar-refractivity contribution in [3.05, 3.63) is 29.8 Å². The Bertz CT molecular complexity index is 733. The predicted molar refractivity (Wildman–Crippen MR) is 98.1 cm³/mol. The molecule has 1 fully saturated rings. The summed E-state index contributed by atoms with van der Waals surface area (Å²) in [5, 5.41) is 8.65. The van der Waals surface area contributed by atoms with E-state index in [1.807, 2.05) is 6.92 Å². The van der Waals surface area contributed by atoms with Crippen LogP contribution in [0.25, 0.3) is 0 Å². The van der Waals surface area contributed by atoms with Crippen LogP contribution in [-0.2, 0) is 21.2 Å². The molecule has 0 spiro atoms. The highest BCUT2D eigenvalue weighted by molar-refractivity contribution is 7.89. The molecule has 0 bridgehead atoms. The first-order valence-corrected chi connectivity index (χ1v) is 10.4. The lowest BCUT2D eigenvalue weighted by atomic mass is 10.1. The smallest absolute Gasteiger partial charge is 0.260 e. The summed E-state index contributed by atoms with van der Waals surface area (Å²) in [6, 6.07) is 9.06. The number of carbonyl (C=O) groups excluding carboxylic acids is 1. The van der Waals surface area contributed by atoms with Crippen molar-refractivity contribution in [2.45, 2.75) is 38.6 Å². The zero-order valence-electron chi connectivity index (χ0n) is 15.0. The average Bonchev–Trinajstić information content (AvgIpc) is 2.61. The molecule has 0 aliphatic carbocycles. The molecule has 1 aliphatic heterocycles. The van der Waals surface area contributed by atoms with Gasteiger partial charge in [0.2, 0.25) is 10.0 Å². The third-order valence-corrected chi connectivity index (χ3v) is 5.87. The van der Waals surface area contributed by atoms with Crippen LogP contribution in [0, 0.1) is 11.3 Å². The molecule has 2 rings (SSSR count). The fraction of sp³-hybridized carbons (Fsp3) is 0.556. The van der Waals surface area contributed by atoms with E-state index in [1.165, 1.54) is 0 Å². The summed E-state index contributed by atoms with van der Waals surface area (Å²) < 4.78 is 31.8. The Morgan fingerprint density at radius 1 is 1.31 bits per heavy atom. The third-order valence-electron chi connectivity index (χ3n) is 4.24. The highest BCUT2D eigenvalue weighted by atomic mass is 32.2. The van der Waals surface area contributed by atoms with E-state index >= 15 is 0 Å². The summed E-state index contributed by atoms with van der Waals surface area (Å²) in [6.45, 7) is 2.81. The number of hydrogen-bond acceptors (Lipinski definition) is 5. The van der Waals surface area contributed by atoms with Gasteiger partial charge in [-0.1, -0.05) is 19.1 Å². The molecule has 0 saturated carbocycles. The van der Waals surface area contributed by atoms with E-state index in [0.717, 1.165) is 5.56 Å². The molecule has 1 aliphatic rings. The molecular weight excluding hydrogens is 354 g/mol. The molecule has 142 valence electrons. The fourth-order valence-corrected chi connectivity index (χ4v) is 4.26. The van der Waals surface area contributed by atoms with Gasteiger partial charge in [-0.15, -0.1) is 0 Å². The second-order valence-electron chi connectivity index (χ2n) is 6.36. The number of benzene rings is 1. The topological polar surface area (TPSA) is 99.5 Å². The number of nitrogens with one attached hydrogen (secondary N) is 1. The summed E-state index contributed by atoms with van der Waals surface area (Å²) in [5.74, 6) is 0.607. The van der Waals surface area contributed by atoms with E-state index < -0.39 is 10.0 Å². The van der Waals surface area contributed by atoms with Gasteiger partial charge in [-0.3, -0.25) is 4.79 Å². The van der Waals surface area contributed by atoms with Crippen molar-refractivity contribution in [3.8, 4) is 11.8 Å². The van der Waals surface area contributed by atoms with Crippen molar-refractivity contribution >= 4 is 15.9 Å². The number of ether oxygens (including phenoxy) is 1. The maximum Gasteiger partial charge on any atom is 0.260 e. The van der Waals surface area contributed by atoms with Gasteiger partial charge in [0, 0.05) is 19.1 Å². The second kappa shape index (κ2) is 9.55. The van der Waals surface area contributed by atoms with Gasteiger partial charge in [0.05, 0.1) is 18.2 Å². The minimum absolute atomic E-state index is 0.0518. The van der Waals surface area contributed by atoms with Crippen LogP contribution in [0.1, 0.15) is 31.7 Å². The summed E-state index contributed by atoms with van der Waals surface area (Å²) in [4.78, 5) is 14.0. The Balaban J connectivity index is 1.75. The fourth-order valence-electron chi connectivity index (χ4n) is 2.86. The standard InChI is InChI=1S/C18H25N3O4S/c1-2-13-26(23,24)20-16-8-11-21(12-9-16)18(22)14-25-17-5-3-15(4-6-17)7-10-19/h3-6,16,20H,2,7-9,11-14H2,1H3. The summed E-state index contributed by atoms with van der Waals surface area (Å²) in [6.07, 6.45) is 2.15. The van der Waals surface area contributed by atoms with Gasteiger partial charge in [-0.2, -0.15) is 5.26 Å². The van der Waals surface area contributed by atoms with Crippen molar-refractivity contribution in [3.63, 3.8) is 0 Å². The van der Waals surface area contributed by atoms with Gasteiger partial charge in [0.15, 0.2) is 6.61 Å². The van der Waals surface area contributed by atoms with Crippen molar-refractivity contribution < 1.29 is 17.9 Å². The SMILES string of the molecule is CCCS(=O)(=O)NC1CCN(C(=O)COc2ccc(CC#N)cc2)CC1. The van der Waals surface area contributed by atoms with E-state index in [4.69, 9.17) is 10.00 Å². The number of rotatable bonds is 8. The van der Waals surface area contributed by atoms with Gasteiger partial charge in [-0.05, 0) is 37.0 Å². The maximum atomic E-state index is 12.3. The normalized spacial score (nSPS) is 15.5. The largest absolute Gasteiger partial charge is 0.484 e. The molecule has 0 aromatic heterocycles. The molecule has 1 N–H and O–H groups in total. The van der Waals surface area contributed by atoms with Crippen molar-refractivity contribution in [1.29, 1.82) is 5.26 Å². The third kappa shape index (κ3) is 6.32.